The first-order valence-corrected chi connectivity index (χ1v) is 4.71. The van der Waals surface area contributed by atoms with E-state index < -0.39 is 0 Å². The topological polar surface area (TPSA) is 20.2 Å². The van der Waals surface area contributed by atoms with Gasteiger partial charge in [0, 0.05) is 0 Å². The minimum absolute atomic E-state index is 0.329. The molecule has 0 amide bonds. The highest BCUT2D eigenvalue weighted by Gasteiger charge is 2.67. The van der Waals surface area contributed by atoms with Crippen LogP contribution in [0.3, 0.4) is 0 Å². The van der Waals surface area contributed by atoms with E-state index in [0.29, 0.717) is 11.3 Å². The summed E-state index contributed by atoms with van der Waals surface area (Å²) in [5.74, 6) is 1.39. The van der Waals surface area contributed by atoms with Crippen molar-refractivity contribution in [3.05, 3.63) is 0 Å². The van der Waals surface area contributed by atoms with Gasteiger partial charge < -0.3 is 5.11 Å². The highest BCUT2D eigenvalue weighted by molar-refractivity contribution is 5.16. The lowest BCUT2D eigenvalue weighted by molar-refractivity contribution is 0.0426. The second kappa shape index (κ2) is 1.82. The van der Waals surface area contributed by atoms with Gasteiger partial charge in [0.25, 0.3) is 0 Å². The molecule has 1 nitrogen and oxygen atoms in total. The predicted molar refractivity (Wildman–Crippen MR) is 45.2 cm³/mol. The molecule has 1 heteroatoms. The molecule has 0 aromatic carbocycles. The molecule has 1 N–H and O–H groups in total. The van der Waals surface area contributed by atoms with Gasteiger partial charge in [-0.05, 0) is 43.4 Å². The zero-order valence-corrected chi connectivity index (χ0v) is 7.72. The van der Waals surface area contributed by atoms with Crippen LogP contribution in [0.1, 0.15) is 40.0 Å². The molecule has 3 atom stereocenters. The van der Waals surface area contributed by atoms with Crippen molar-refractivity contribution in [3.63, 3.8) is 0 Å². The zero-order chi connectivity index (χ0) is 8.28. The zero-order valence-electron chi connectivity index (χ0n) is 7.72. The van der Waals surface area contributed by atoms with Crippen molar-refractivity contribution in [1.29, 1.82) is 0 Å². The first-order valence-electron chi connectivity index (χ1n) is 4.71. The molecule has 0 spiro atoms. The summed E-state index contributed by atoms with van der Waals surface area (Å²) in [5, 5.41) is 9.92. The van der Waals surface area contributed by atoms with Crippen LogP contribution in [0.5, 0.6) is 0 Å². The van der Waals surface area contributed by atoms with Gasteiger partial charge in [0.05, 0.1) is 5.60 Å². The molecular formula is C10H18O. The van der Waals surface area contributed by atoms with Crippen molar-refractivity contribution in [2.24, 2.45) is 17.3 Å². The molecule has 0 aromatic heterocycles. The number of hydrogen-bond acceptors (Lipinski definition) is 1. The molecule has 11 heavy (non-hydrogen) atoms. The van der Waals surface area contributed by atoms with Crippen LogP contribution in [0.2, 0.25) is 0 Å². The SMILES string of the molecule is CC(C)C12CC[C@@](C)(O)C1C2. The van der Waals surface area contributed by atoms with Gasteiger partial charge in [0.15, 0.2) is 0 Å². The lowest BCUT2D eigenvalue weighted by atomic mass is 9.90. The van der Waals surface area contributed by atoms with Crippen LogP contribution in [0.15, 0.2) is 0 Å². The predicted octanol–water partition coefficient (Wildman–Crippen LogP) is 2.19. The van der Waals surface area contributed by atoms with Crippen LogP contribution in [0.25, 0.3) is 0 Å². The van der Waals surface area contributed by atoms with Crippen LogP contribution in [0.4, 0.5) is 0 Å². The van der Waals surface area contributed by atoms with Crippen molar-refractivity contribution in [1.82, 2.24) is 0 Å². The summed E-state index contributed by atoms with van der Waals surface area (Å²) >= 11 is 0. The van der Waals surface area contributed by atoms with Gasteiger partial charge in [-0.3, -0.25) is 0 Å². The Morgan fingerprint density at radius 3 is 2.18 bits per heavy atom. The second-order valence-electron chi connectivity index (χ2n) is 5.00. The average Bonchev–Trinajstić information content (AvgIpc) is 2.54. The maximum Gasteiger partial charge on any atom is 0.0653 e. The maximum absolute atomic E-state index is 9.92. The first kappa shape index (κ1) is 7.60. The fraction of sp³-hybridized carbons (Fsp3) is 1.00. The Labute approximate surface area is 68.8 Å². The Balaban J connectivity index is 2.17. The fourth-order valence-corrected chi connectivity index (χ4v) is 3.02. The number of hydrogen-bond donors (Lipinski definition) is 1. The second-order valence-corrected chi connectivity index (χ2v) is 5.00. The Bertz CT molecular complexity index is 183. The van der Waals surface area contributed by atoms with Gasteiger partial charge in [0.1, 0.15) is 0 Å². The van der Waals surface area contributed by atoms with E-state index in [1.807, 2.05) is 6.92 Å². The molecule has 0 aliphatic heterocycles. The van der Waals surface area contributed by atoms with Crippen LogP contribution in [0, 0.1) is 17.3 Å². The molecule has 2 unspecified atom stereocenters. The van der Waals surface area contributed by atoms with Crippen molar-refractivity contribution < 1.29 is 5.11 Å². The third-order valence-corrected chi connectivity index (χ3v) is 4.12. The normalized spacial score (nSPS) is 54.8. The lowest BCUT2D eigenvalue weighted by Gasteiger charge is -2.17. The summed E-state index contributed by atoms with van der Waals surface area (Å²) in [5.41, 5.74) is 0.216. The number of fused-ring (bicyclic) bond motifs is 1. The number of rotatable bonds is 1. The molecular weight excluding hydrogens is 136 g/mol. The van der Waals surface area contributed by atoms with Gasteiger partial charge in [-0.2, -0.15) is 0 Å². The summed E-state index contributed by atoms with van der Waals surface area (Å²) in [7, 11) is 0. The minimum atomic E-state index is -0.329. The molecule has 0 bridgehead atoms. The van der Waals surface area contributed by atoms with Gasteiger partial charge >= 0.3 is 0 Å². The summed E-state index contributed by atoms with van der Waals surface area (Å²) in [6.45, 7) is 6.59. The molecule has 0 saturated heterocycles. The lowest BCUT2D eigenvalue weighted by Crippen LogP contribution is -2.23. The Hall–Kier alpha value is -0.0400. The monoisotopic (exact) mass is 154 g/mol. The number of aliphatic hydroxyl groups is 1. The highest BCUT2D eigenvalue weighted by atomic mass is 16.3. The van der Waals surface area contributed by atoms with Gasteiger partial charge in [-0.1, -0.05) is 13.8 Å². The van der Waals surface area contributed by atoms with Gasteiger partial charge in [-0.25, -0.2) is 0 Å². The Kier molecular flexibility index (Phi) is 1.26. The summed E-state index contributed by atoms with van der Waals surface area (Å²) in [6.07, 6.45) is 3.55. The fourth-order valence-electron chi connectivity index (χ4n) is 3.02. The van der Waals surface area contributed by atoms with E-state index in [9.17, 15) is 5.11 Å². The van der Waals surface area contributed by atoms with Gasteiger partial charge in [0.2, 0.25) is 0 Å². The molecule has 0 aromatic rings. The van der Waals surface area contributed by atoms with E-state index in [0.717, 1.165) is 12.3 Å². The van der Waals surface area contributed by atoms with Crippen LogP contribution in [-0.2, 0) is 0 Å². The van der Waals surface area contributed by atoms with Gasteiger partial charge in [-0.15, -0.1) is 0 Å². The third-order valence-electron chi connectivity index (χ3n) is 4.12. The molecule has 0 radical (unpaired) electrons. The Morgan fingerprint density at radius 2 is 2.00 bits per heavy atom. The minimum Gasteiger partial charge on any atom is -0.390 e. The van der Waals surface area contributed by atoms with E-state index in [4.69, 9.17) is 0 Å². The molecule has 2 saturated carbocycles. The largest absolute Gasteiger partial charge is 0.390 e. The smallest absolute Gasteiger partial charge is 0.0653 e. The molecule has 2 fully saturated rings. The molecule has 64 valence electrons. The van der Waals surface area contributed by atoms with Crippen LogP contribution >= 0.6 is 0 Å². The quantitative estimate of drug-likeness (QED) is 0.614. The van der Waals surface area contributed by atoms with E-state index >= 15 is 0 Å². The van der Waals surface area contributed by atoms with Crippen molar-refractivity contribution in [3.8, 4) is 0 Å². The first-order chi connectivity index (χ1) is 4.99. The molecule has 2 aliphatic carbocycles. The molecule has 0 heterocycles. The molecule has 2 aliphatic rings. The highest BCUT2D eigenvalue weighted by Crippen LogP contribution is 2.70. The van der Waals surface area contributed by atoms with Crippen LogP contribution in [-0.4, -0.2) is 10.7 Å². The Morgan fingerprint density at radius 1 is 1.36 bits per heavy atom. The van der Waals surface area contributed by atoms with Crippen molar-refractivity contribution in [2.75, 3.05) is 0 Å². The third kappa shape index (κ3) is 0.807. The van der Waals surface area contributed by atoms with E-state index in [1.54, 1.807) is 0 Å². The molecule has 2 rings (SSSR count). The summed E-state index contributed by atoms with van der Waals surface area (Å²) in [4.78, 5) is 0. The average molecular weight is 154 g/mol. The standard InChI is InChI=1S/C10H18O/c1-7(2)10-5-4-9(3,11)8(10)6-10/h7-8,11H,4-6H2,1-3H3/t8?,9-,10?/m1/s1. The van der Waals surface area contributed by atoms with Crippen molar-refractivity contribution in [2.45, 2.75) is 45.6 Å². The van der Waals surface area contributed by atoms with Crippen LogP contribution < -0.4 is 0 Å². The summed E-state index contributed by atoms with van der Waals surface area (Å²) in [6, 6.07) is 0. The van der Waals surface area contributed by atoms with E-state index in [2.05, 4.69) is 13.8 Å². The van der Waals surface area contributed by atoms with Crippen molar-refractivity contribution >= 4 is 0 Å². The van der Waals surface area contributed by atoms with E-state index in [-0.39, 0.29) is 5.60 Å². The maximum atomic E-state index is 9.92. The summed E-state index contributed by atoms with van der Waals surface area (Å²) < 4.78 is 0. The van der Waals surface area contributed by atoms with E-state index in [1.165, 1.54) is 12.8 Å².